The molecule has 1 aliphatic carbocycles. The van der Waals surface area contributed by atoms with Gasteiger partial charge in [-0.3, -0.25) is 0 Å². The minimum absolute atomic E-state index is 0.126. The highest BCUT2D eigenvalue weighted by atomic mass is 35.5. The number of rotatable bonds is 1. The van der Waals surface area contributed by atoms with Gasteiger partial charge in [0.2, 0.25) is 0 Å². The van der Waals surface area contributed by atoms with E-state index in [1.54, 1.807) is 18.2 Å². The van der Waals surface area contributed by atoms with Crippen LogP contribution in [0.3, 0.4) is 0 Å². The molecular weight excluding hydrogens is 298 g/mol. The first-order chi connectivity index (χ1) is 8.74. The van der Waals surface area contributed by atoms with Gasteiger partial charge in [0.05, 0.1) is 16.0 Å². The van der Waals surface area contributed by atoms with Crippen molar-refractivity contribution in [3.05, 3.63) is 33.8 Å². The van der Waals surface area contributed by atoms with E-state index in [1.165, 1.54) is 0 Å². The molecule has 2 atom stereocenters. The second kappa shape index (κ2) is 5.15. The fraction of sp³-hybridized carbons (Fsp3) is 0.538. The van der Waals surface area contributed by atoms with E-state index in [1.807, 2.05) is 0 Å². The molecule has 19 heavy (non-hydrogen) atoms. The fourth-order valence-corrected chi connectivity index (χ4v) is 3.21. The molecule has 0 radical (unpaired) electrons. The van der Waals surface area contributed by atoms with Crippen LogP contribution in [0, 0.1) is 5.92 Å². The third-order valence-corrected chi connectivity index (χ3v) is 4.56. The van der Waals surface area contributed by atoms with Gasteiger partial charge >= 0.3 is 6.18 Å². The van der Waals surface area contributed by atoms with Crippen LogP contribution < -0.4 is 5.73 Å². The van der Waals surface area contributed by atoms with Crippen LogP contribution in [-0.2, 0) is 5.54 Å². The maximum atomic E-state index is 12.9. The lowest BCUT2D eigenvalue weighted by Gasteiger charge is -2.39. The Morgan fingerprint density at radius 1 is 1.26 bits per heavy atom. The summed E-state index contributed by atoms with van der Waals surface area (Å²) in [6.45, 7) is 0. The van der Waals surface area contributed by atoms with Gasteiger partial charge in [0.25, 0.3) is 0 Å². The average molecular weight is 312 g/mol. The van der Waals surface area contributed by atoms with Gasteiger partial charge in [0, 0.05) is 5.54 Å². The number of alkyl halides is 3. The van der Waals surface area contributed by atoms with Crippen molar-refractivity contribution in [2.75, 3.05) is 0 Å². The second-order valence-electron chi connectivity index (χ2n) is 5.09. The summed E-state index contributed by atoms with van der Waals surface area (Å²) in [6.07, 6.45) is -3.31. The molecule has 2 unspecified atom stereocenters. The van der Waals surface area contributed by atoms with E-state index in [0.717, 1.165) is 0 Å². The van der Waals surface area contributed by atoms with Crippen LogP contribution in [0.4, 0.5) is 13.2 Å². The molecule has 0 heterocycles. The molecular formula is C13H14Cl2F3N. The first-order valence-corrected chi connectivity index (χ1v) is 6.80. The maximum Gasteiger partial charge on any atom is 0.391 e. The van der Waals surface area contributed by atoms with Crippen molar-refractivity contribution in [3.8, 4) is 0 Å². The monoisotopic (exact) mass is 311 g/mol. The van der Waals surface area contributed by atoms with E-state index < -0.39 is 17.6 Å². The normalized spacial score (nSPS) is 28.4. The van der Waals surface area contributed by atoms with Crippen LogP contribution in [0.25, 0.3) is 0 Å². The van der Waals surface area contributed by atoms with Crippen molar-refractivity contribution < 1.29 is 13.2 Å². The molecule has 0 spiro atoms. The van der Waals surface area contributed by atoms with Crippen molar-refractivity contribution in [2.45, 2.75) is 37.4 Å². The SMILES string of the molecule is NC1(c2cccc(Cl)c2Cl)CCCC(C(F)(F)F)C1. The quantitative estimate of drug-likeness (QED) is 0.784. The van der Waals surface area contributed by atoms with Gasteiger partial charge in [-0.2, -0.15) is 13.2 Å². The van der Waals surface area contributed by atoms with Crippen molar-refractivity contribution in [1.82, 2.24) is 0 Å². The van der Waals surface area contributed by atoms with Gasteiger partial charge in [-0.05, 0) is 30.9 Å². The zero-order valence-corrected chi connectivity index (χ0v) is 11.6. The molecule has 6 heteroatoms. The lowest BCUT2D eigenvalue weighted by molar-refractivity contribution is -0.187. The molecule has 0 saturated heterocycles. The molecule has 0 amide bonds. The molecule has 0 aromatic heterocycles. The Bertz CT molecular complexity index is 475. The standard InChI is InChI=1S/C13H14Cl2F3N/c14-10-5-1-4-9(11(10)15)12(19)6-2-3-8(7-12)13(16,17)18/h1,4-5,8H,2-3,6-7,19H2. The predicted molar refractivity (Wildman–Crippen MR) is 70.3 cm³/mol. The van der Waals surface area contributed by atoms with Crippen molar-refractivity contribution in [3.63, 3.8) is 0 Å². The van der Waals surface area contributed by atoms with Gasteiger partial charge in [-0.15, -0.1) is 0 Å². The van der Waals surface area contributed by atoms with E-state index in [-0.39, 0.29) is 17.9 Å². The lowest BCUT2D eigenvalue weighted by Crippen LogP contribution is -2.45. The molecule has 106 valence electrons. The number of nitrogens with two attached hydrogens (primary N) is 1. The summed E-state index contributed by atoms with van der Waals surface area (Å²) in [4.78, 5) is 0. The summed E-state index contributed by atoms with van der Waals surface area (Å²) in [5.74, 6) is -1.37. The summed E-state index contributed by atoms with van der Waals surface area (Å²) in [5, 5.41) is 0.576. The average Bonchev–Trinajstić information content (AvgIpc) is 2.31. The van der Waals surface area contributed by atoms with E-state index in [4.69, 9.17) is 28.9 Å². The molecule has 2 rings (SSSR count). The molecule has 0 aliphatic heterocycles. The number of hydrogen-bond acceptors (Lipinski definition) is 1. The van der Waals surface area contributed by atoms with Gasteiger partial charge in [-0.1, -0.05) is 41.8 Å². The van der Waals surface area contributed by atoms with Crippen LogP contribution >= 0.6 is 23.2 Å². The first-order valence-electron chi connectivity index (χ1n) is 6.04. The van der Waals surface area contributed by atoms with Gasteiger partial charge in [0.1, 0.15) is 0 Å². The summed E-state index contributed by atoms with van der Waals surface area (Å²) in [5.41, 5.74) is 5.65. The highest BCUT2D eigenvalue weighted by Crippen LogP contribution is 2.47. The lowest BCUT2D eigenvalue weighted by atomic mass is 9.72. The first kappa shape index (κ1) is 14.9. The summed E-state index contributed by atoms with van der Waals surface area (Å²) >= 11 is 12.0. The largest absolute Gasteiger partial charge is 0.391 e. The highest BCUT2D eigenvalue weighted by molar-refractivity contribution is 6.42. The third kappa shape index (κ3) is 3.01. The second-order valence-corrected chi connectivity index (χ2v) is 5.88. The Labute approximate surface area is 119 Å². The number of hydrogen-bond donors (Lipinski definition) is 1. The number of benzene rings is 1. The Morgan fingerprint density at radius 2 is 1.95 bits per heavy atom. The van der Waals surface area contributed by atoms with Crippen LogP contribution in [-0.4, -0.2) is 6.18 Å². The summed E-state index contributed by atoms with van der Waals surface area (Å²) < 4.78 is 38.6. The minimum atomic E-state index is -4.21. The summed E-state index contributed by atoms with van der Waals surface area (Å²) in [7, 11) is 0. The third-order valence-electron chi connectivity index (χ3n) is 3.74. The van der Waals surface area contributed by atoms with Crippen molar-refractivity contribution in [1.29, 1.82) is 0 Å². The Balaban J connectivity index is 2.34. The molecule has 1 aromatic carbocycles. The highest BCUT2D eigenvalue weighted by Gasteiger charge is 2.47. The zero-order valence-electron chi connectivity index (χ0n) is 10.1. The van der Waals surface area contributed by atoms with E-state index in [0.29, 0.717) is 23.4 Å². The van der Waals surface area contributed by atoms with E-state index in [9.17, 15) is 13.2 Å². The van der Waals surface area contributed by atoms with Crippen molar-refractivity contribution >= 4 is 23.2 Å². The zero-order chi connectivity index (χ0) is 14.3. The van der Waals surface area contributed by atoms with Crippen molar-refractivity contribution in [2.24, 2.45) is 11.7 Å². The molecule has 1 aromatic rings. The summed E-state index contributed by atoms with van der Waals surface area (Å²) in [6, 6.07) is 4.92. The molecule has 0 bridgehead atoms. The van der Waals surface area contributed by atoms with E-state index in [2.05, 4.69) is 0 Å². The maximum absolute atomic E-state index is 12.9. The van der Waals surface area contributed by atoms with E-state index >= 15 is 0 Å². The van der Waals surface area contributed by atoms with Crippen LogP contribution in [0.2, 0.25) is 10.0 Å². The molecule has 1 fully saturated rings. The van der Waals surface area contributed by atoms with Gasteiger partial charge in [0.15, 0.2) is 0 Å². The number of halogens is 5. The Kier molecular flexibility index (Phi) is 4.05. The van der Waals surface area contributed by atoms with Crippen LogP contribution in [0.5, 0.6) is 0 Å². The topological polar surface area (TPSA) is 26.0 Å². The molecule has 1 aliphatic rings. The fourth-order valence-electron chi connectivity index (χ4n) is 2.72. The smallest absolute Gasteiger partial charge is 0.321 e. The minimum Gasteiger partial charge on any atom is -0.321 e. The van der Waals surface area contributed by atoms with Gasteiger partial charge < -0.3 is 5.73 Å². The predicted octanol–water partition coefficient (Wildman–Crippen LogP) is 4.90. The molecule has 1 saturated carbocycles. The van der Waals surface area contributed by atoms with Gasteiger partial charge in [-0.25, -0.2) is 0 Å². The molecule has 1 nitrogen and oxygen atoms in total. The Hall–Kier alpha value is -0.450. The molecule has 2 N–H and O–H groups in total. The Morgan fingerprint density at radius 3 is 2.58 bits per heavy atom. The van der Waals surface area contributed by atoms with Crippen LogP contribution in [0.1, 0.15) is 31.2 Å². The van der Waals surface area contributed by atoms with Crippen LogP contribution in [0.15, 0.2) is 18.2 Å².